The van der Waals surface area contributed by atoms with Crippen LogP contribution in [-0.2, 0) is 11.3 Å². The third-order valence-corrected chi connectivity index (χ3v) is 3.78. The number of aliphatic imine (C=N–C) groups is 1. The molecule has 1 fully saturated rings. The van der Waals surface area contributed by atoms with E-state index in [9.17, 15) is 0 Å². The molecule has 3 N–H and O–H groups in total. The van der Waals surface area contributed by atoms with Crippen LogP contribution in [0.2, 0.25) is 0 Å². The second-order valence-corrected chi connectivity index (χ2v) is 5.54. The quantitative estimate of drug-likeness (QED) is 0.473. The van der Waals surface area contributed by atoms with Gasteiger partial charge in [0.25, 0.3) is 0 Å². The number of ether oxygens (including phenoxy) is 1. The van der Waals surface area contributed by atoms with Gasteiger partial charge in [-0.05, 0) is 30.5 Å². The third-order valence-electron chi connectivity index (χ3n) is 3.78. The molecule has 1 saturated heterocycles. The minimum atomic E-state index is 0.449. The van der Waals surface area contributed by atoms with Crippen LogP contribution in [0.15, 0.2) is 23.3 Å². The average Bonchev–Trinajstić information content (AvgIpc) is 2.83. The van der Waals surface area contributed by atoms with E-state index in [1.807, 2.05) is 12.3 Å². The second kappa shape index (κ2) is 9.25. The van der Waals surface area contributed by atoms with Gasteiger partial charge in [0.05, 0.1) is 13.2 Å². The molecule has 0 atom stereocenters. The van der Waals surface area contributed by atoms with Gasteiger partial charge < -0.3 is 20.7 Å². The van der Waals surface area contributed by atoms with Crippen LogP contribution >= 0.6 is 0 Å². The summed E-state index contributed by atoms with van der Waals surface area (Å²) in [5, 5.41) is 3.02. The Morgan fingerprint density at radius 3 is 2.86 bits per heavy atom. The van der Waals surface area contributed by atoms with Crippen LogP contribution in [0, 0.1) is 0 Å². The lowest BCUT2D eigenvalue weighted by Gasteiger charge is -2.21. The smallest absolute Gasteiger partial charge is 0.188 e. The maximum Gasteiger partial charge on any atom is 0.188 e. The minimum Gasteiger partial charge on any atom is -0.383 e. The Hall–Kier alpha value is -1.82. The molecule has 1 aromatic heterocycles. The Balaban J connectivity index is 1.91. The first-order valence-electron chi connectivity index (χ1n) is 8.02. The largest absolute Gasteiger partial charge is 0.383 e. The van der Waals surface area contributed by atoms with Crippen molar-refractivity contribution in [2.45, 2.75) is 32.2 Å². The number of aromatic nitrogens is 1. The summed E-state index contributed by atoms with van der Waals surface area (Å²) in [5.74, 6) is 1.51. The van der Waals surface area contributed by atoms with Gasteiger partial charge in [-0.2, -0.15) is 0 Å². The molecule has 0 spiro atoms. The van der Waals surface area contributed by atoms with Crippen LogP contribution in [0.25, 0.3) is 0 Å². The summed E-state index contributed by atoms with van der Waals surface area (Å²) in [6, 6.07) is 4.12. The summed E-state index contributed by atoms with van der Waals surface area (Å²) >= 11 is 0. The Morgan fingerprint density at radius 1 is 1.36 bits per heavy atom. The SMILES string of the molecule is COCCNC(N)=NCc1ccnc(N2CCCCCC2)c1. The Labute approximate surface area is 132 Å². The van der Waals surface area contributed by atoms with E-state index in [0.29, 0.717) is 25.7 Å². The van der Waals surface area contributed by atoms with Gasteiger partial charge in [0, 0.05) is 32.9 Å². The zero-order chi connectivity index (χ0) is 15.6. The summed E-state index contributed by atoms with van der Waals surface area (Å²) in [6.07, 6.45) is 7.01. The molecule has 0 unspecified atom stereocenters. The highest BCUT2D eigenvalue weighted by molar-refractivity contribution is 5.77. The lowest BCUT2D eigenvalue weighted by atomic mass is 10.2. The van der Waals surface area contributed by atoms with Gasteiger partial charge in [0.1, 0.15) is 5.82 Å². The normalized spacial score (nSPS) is 16.4. The summed E-state index contributed by atoms with van der Waals surface area (Å²) in [5.41, 5.74) is 6.95. The molecule has 0 radical (unpaired) electrons. The van der Waals surface area contributed by atoms with Crippen LogP contribution in [-0.4, -0.2) is 44.3 Å². The summed E-state index contributed by atoms with van der Waals surface area (Å²) < 4.78 is 4.96. The Kier molecular flexibility index (Phi) is 6.96. The van der Waals surface area contributed by atoms with Gasteiger partial charge in [0.2, 0.25) is 0 Å². The number of methoxy groups -OCH3 is 1. The first-order valence-corrected chi connectivity index (χ1v) is 8.02. The van der Waals surface area contributed by atoms with Crippen molar-refractivity contribution in [3.63, 3.8) is 0 Å². The minimum absolute atomic E-state index is 0.449. The van der Waals surface area contributed by atoms with Gasteiger partial charge >= 0.3 is 0 Å². The van der Waals surface area contributed by atoms with Gasteiger partial charge in [0.15, 0.2) is 5.96 Å². The number of pyridine rings is 1. The van der Waals surface area contributed by atoms with Crippen LogP contribution < -0.4 is 16.0 Å². The number of anilines is 1. The number of nitrogens with two attached hydrogens (primary N) is 1. The molecule has 0 bridgehead atoms. The standard InChI is InChI=1S/C16H27N5O/c1-22-11-8-19-16(17)20-13-14-6-7-18-15(12-14)21-9-4-2-3-5-10-21/h6-7,12H,2-5,8-11,13H2,1H3,(H3,17,19,20). The molecular weight excluding hydrogens is 278 g/mol. The molecular formula is C16H27N5O. The second-order valence-electron chi connectivity index (χ2n) is 5.54. The van der Waals surface area contributed by atoms with Crippen molar-refractivity contribution in [1.29, 1.82) is 0 Å². The average molecular weight is 305 g/mol. The predicted octanol–water partition coefficient (Wildman–Crippen LogP) is 1.51. The zero-order valence-electron chi connectivity index (χ0n) is 13.4. The highest BCUT2D eigenvalue weighted by Gasteiger charge is 2.11. The van der Waals surface area contributed by atoms with Gasteiger partial charge in [-0.15, -0.1) is 0 Å². The number of nitrogens with zero attached hydrogens (tertiary/aromatic N) is 3. The van der Waals surface area contributed by atoms with E-state index in [4.69, 9.17) is 10.5 Å². The molecule has 1 aliphatic rings. The van der Waals surface area contributed by atoms with E-state index in [1.165, 1.54) is 25.7 Å². The van der Waals surface area contributed by atoms with E-state index in [-0.39, 0.29) is 0 Å². The maximum absolute atomic E-state index is 5.82. The number of hydrogen-bond donors (Lipinski definition) is 2. The molecule has 0 amide bonds. The molecule has 1 aromatic rings. The molecule has 6 nitrogen and oxygen atoms in total. The predicted molar refractivity (Wildman–Crippen MR) is 90.1 cm³/mol. The number of nitrogens with one attached hydrogen (secondary N) is 1. The van der Waals surface area contributed by atoms with E-state index < -0.39 is 0 Å². The molecule has 0 aliphatic carbocycles. The first kappa shape index (κ1) is 16.5. The number of rotatable bonds is 6. The maximum atomic E-state index is 5.82. The first-order chi connectivity index (χ1) is 10.8. The summed E-state index contributed by atoms with van der Waals surface area (Å²) in [7, 11) is 1.66. The van der Waals surface area contributed by atoms with E-state index in [2.05, 4.69) is 26.3 Å². The fraction of sp³-hybridized carbons (Fsp3) is 0.625. The fourth-order valence-corrected chi connectivity index (χ4v) is 2.55. The monoisotopic (exact) mass is 305 g/mol. The Bertz CT molecular complexity index is 469. The van der Waals surface area contributed by atoms with Crippen LogP contribution in [0.3, 0.4) is 0 Å². The van der Waals surface area contributed by atoms with Crippen molar-refractivity contribution in [3.8, 4) is 0 Å². The fourth-order valence-electron chi connectivity index (χ4n) is 2.55. The van der Waals surface area contributed by atoms with E-state index in [1.54, 1.807) is 7.11 Å². The highest BCUT2D eigenvalue weighted by atomic mass is 16.5. The molecule has 2 rings (SSSR count). The highest BCUT2D eigenvalue weighted by Crippen LogP contribution is 2.18. The molecule has 2 heterocycles. The lowest BCUT2D eigenvalue weighted by molar-refractivity contribution is 0.204. The van der Waals surface area contributed by atoms with Crippen molar-refractivity contribution >= 4 is 11.8 Å². The number of guanidine groups is 1. The van der Waals surface area contributed by atoms with Crippen molar-refractivity contribution in [2.75, 3.05) is 38.3 Å². The van der Waals surface area contributed by atoms with Crippen LogP contribution in [0.1, 0.15) is 31.2 Å². The molecule has 0 saturated carbocycles. The van der Waals surface area contributed by atoms with Gasteiger partial charge in [-0.1, -0.05) is 12.8 Å². The summed E-state index contributed by atoms with van der Waals surface area (Å²) in [4.78, 5) is 11.2. The molecule has 1 aliphatic heterocycles. The lowest BCUT2D eigenvalue weighted by Crippen LogP contribution is -2.34. The number of hydrogen-bond acceptors (Lipinski definition) is 4. The summed E-state index contributed by atoms with van der Waals surface area (Å²) in [6.45, 7) is 4.04. The molecule has 122 valence electrons. The van der Waals surface area contributed by atoms with E-state index >= 15 is 0 Å². The van der Waals surface area contributed by atoms with Crippen molar-refractivity contribution in [2.24, 2.45) is 10.7 Å². The van der Waals surface area contributed by atoms with Crippen LogP contribution in [0.5, 0.6) is 0 Å². The van der Waals surface area contributed by atoms with Crippen LogP contribution in [0.4, 0.5) is 5.82 Å². The van der Waals surface area contributed by atoms with Crippen molar-refractivity contribution in [1.82, 2.24) is 10.3 Å². The Morgan fingerprint density at radius 2 is 2.14 bits per heavy atom. The molecule has 0 aromatic carbocycles. The van der Waals surface area contributed by atoms with Gasteiger partial charge in [-0.25, -0.2) is 9.98 Å². The van der Waals surface area contributed by atoms with Crippen molar-refractivity contribution < 1.29 is 4.74 Å². The third kappa shape index (κ3) is 5.52. The van der Waals surface area contributed by atoms with E-state index in [0.717, 1.165) is 24.5 Å². The molecule has 6 heteroatoms. The van der Waals surface area contributed by atoms with Gasteiger partial charge in [-0.3, -0.25) is 0 Å². The topological polar surface area (TPSA) is 75.8 Å². The zero-order valence-corrected chi connectivity index (χ0v) is 13.4. The van der Waals surface area contributed by atoms with Crippen molar-refractivity contribution in [3.05, 3.63) is 23.9 Å². The molecule has 22 heavy (non-hydrogen) atoms.